The van der Waals surface area contributed by atoms with Crippen molar-refractivity contribution in [1.29, 1.82) is 0 Å². The molecule has 386 valence electrons. The largest absolute Gasteiger partial charge is 0.462 e. The molecule has 0 aromatic carbocycles. The SMILES string of the molecule is CC/C=C\C/C=C\C/C=C\C/C=C\C/C=C\CCCCCCCCCCCCCCCCCC(=O)OCC(COC(=O)CCCCCCCC)OC(=O)CCCCCCC/C=C\CCCCC. The lowest BCUT2D eigenvalue weighted by Gasteiger charge is -2.18. The Hall–Kier alpha value is -3.15. The summed E-state index contributed by atoms with van der Waals surface area (Å²) in [6, 6.07) is 0. The maximum Gasteiger partial charge on any atom is 0.306 e. The molecular formula is C61H106O6. The van der Waals surface area contributed by atoms with E-state index in [1.54, 1.807) is 0 Å². The summed E-state index contributed by atoms with van der Waals surface area (Å²) in [5, 5.41) is 0. The first-order chi connectivity index (χ1) is 33.0. The highest BCUT2D eigenvalue weighted by atomic mass is 16.6. The van der Waals surface area contributed by atoms with Crippen LogP contribution in [-0.2, 0) is 28.6 Å². The molecule has 0 saturated heterocycles. The van der Waals surface area contributed by atoms with E-state index < -0.39 is 6.10 Å². The van der Waals surface area contributed by atoms with Crippen LogP contribution in [0.5, 0.6) is 0 Å². The molecule has 0 aromatic rings. The summed E-state index contributed by atoms with van der Waals surface area (Å²) in [5.41, 5.74) is 0. The third-order valence-corrected chi connectivity index (χ3v) is 12.2. The molecule has 0 heterocycles. The minimum absolute atomic E-state index is 0.0761. The molecule has 0 bridgehead atoms. The smallest absolute Gasteiger partial charge is 0.306 e. The van der Waals surface area contributed by atoms with E-state index in [2.05, 4.69) is 93.7 Å². The minimum atomic E-state index is -0.773. The second-order valence-corrected chi connectivity index (χ2v) is 18.8. The Morgan fingerprint density at radius 2 is 0.582 bits per heavy atom. The highest BCUT2D eigenvalue weighted by Crippen LogP contribution is 2.16. The Labute approximate surface area is 414 Å². The molecule has 0 radical (unpaired) electrons. The molecule has 1 atom stereocenters. The third-order valence-electron chi connectivity index (χ3n) is 12.2. The highest BCUT2D eigenvalue weighted by molar-refractivity contribution is 5.71. The Balaban J connectivity index is 3.99. The van der Waals surface area contributed by atoms with E-state index >= 15 is 0 Å². The van der Waals surface area contributed by atoms with Gasteiger partial charge in [-0.15, -0.1) is 0 Å². The van der Waals surface area contributed by atoms with Crippen molar-refractivity contribution in [1.82, 2.24) is 0 Å². The van der Waals surface area contributed by atoms with Gasteiger partial charge in [0, 0.05) is 19.3 Å². The van der Waals surface area contributed by atoms with Gasteiger partial charge in [0.05, 0.1) is 0 Å². The average molecular weight is 936 g/mol. The van der Waals surface area contributed by atoms with Crippen molar-refractivity contribution in [2.45, 2.75) is 284 Å². The van der Waals surface area contributed by atoms with Crippen LogP contribution in [0, 0.1) is 0 Å². The number of esters is 3. The van der Waals surface area contributed by atoms with E-state index in [1.165, 1.54) is 135 Å². The molecular weight excluding hydrogens is 829 g/mol. The lowest BCUT2D eigenvalue weighted by atomic mass is 10.0. The molecule has 0 saturated carbocycles. The van der Waals surface area contributed by atoms with Gasteiger partial charge in [-0.1, -0.05) is 241 Å². The van der Waals surface area contributed by atoms with Crippen LogP contribution in [0.1, 0.15) is 278 Å². The second kappa shape index (κ2) is 55.4. The zero-order valence-electron chi connectivity index (χ0n) is 44.2. The van der Waals surface area contributed by atoms with Crippen molar-refractivity contribution < 1.29 is 28.6 Å². The maximum atomic E-state index is 12.7. The van der Waals surface area contributed by atoms with Crippen LogP contribution in [0.4, 0.5) is 0 Å². The van der Waals surface area contributed by atoms with Crippen LogP contribution in [0.2, 0.25) is 0 Å². The maximum absolute atomic E-state index is 12.7. The fraction of sp³-hybridized carbons (Fsp3) is 0.754. The number of ether oxygens (including phenoxy) is 3. The molecule has 0 amide bonds. The van der Waals surface area contributed by atoms with Crippen molar-refractivity contribution in [3.63, 3.8) is 0 Å². The zero-order valence-corrected chi connectivity index (χ0v) is 44.2. The van der Waals surface area contributed by atoms with Crippen molar-refractivity contribution in [3.8, 4) is 0 Å². The molecule has 0 aliphatic rings. The van der Waals surface area contributed by atoms with E-state index in [1.807, 2.05) is 0 Å². The summed E-state index contributed by atoms with van der Waals surface area (Å²) in [6.07, 6.45) is 70.8. The standard InChI is InChI=1S/C61H106O6/c1-4-7-10-13-16-18-20-22-23-24-25-26-27-28-29-30-31-32-33-34-35-36-37-38-39-40-42-43-45-48-51-54-60(63)66-57-58(56-65-59(62)53-50-47-15-12-9-6-3)67-61(64)55-52-49-46-44-41-21-19-17-14-11-8-5-2/h7,10,16-19,22-23,25-26,28-29,58H,4-6,8-9,11-15,20-21,24,27,30-57H2,1-3H3/b10-7-,18-16-,19-17-,23-22-,26-25-,29-28-. The molecule has 6 nitrogen and oxygen atoms in total. The van der Waals surface area contributed by atoms with Gasteiger partial charge in [-0.3, -0.25) is 14.4 Å². The van der Waals surface area contributed by atoms with Crippen LogP contribution in [0.3, 0.4) is 0 Å². The van der Waals surface area contributed by atoms with Gasteiger partial charge in [-0.05, 0) is 89.9 Å². The van der Waals surface area contributed by atoms with Gasteiger partial charge in [0.1, 0.15) is 13.2 Å². The van der Waals surface area contributed by atoms with E-state index in [-0.39, 0.29) is 31.1 Å². The Bertz CT molecular complexity index is 1260. The van der Waals surface area contributed by atoms with E-state index in [0.29, 0.717) is 19.3 Å². The Morgan fingerprint density at radius 1 is 0.313 bits per heavy atom. The average Bonchev–Trinajstić information content (AvgIpc) is 3.33. The van der Waals surface area contributed by atoms with Gasteiger partial charge in [-0.25, -0.2) is 0 Å². The molecule has 67 heavy (non-hydrogen) atoms. The third kappa shape index (κ3) is 53.7. The lowest BCUT2D eigenvalue weighted by Crippen LogP contribution is -2.30. The molecule has 0 aromatic heterocycles. The summed E-state index contributed by atoms with van der Waals surface area (Å²) < 4.78 is 16.7. The summed E-state index contributed by atoms with van der Waals surface area (Å²) in [4.78, 5) is 37.7. The number of rotatable bonds is 51. The van der Waals surface area contributed by atoms with Gasteiger partial charge in [0.25, 0.3) is 0 Å². The normalized spacial score (nSPS) is 12.6. The molecule has 0 rings (SSSR count). The number of carbonyl (C=O) groups is 3. The fourth-order valence-electron chi connectivity index (χ4n) is 7.93. The fourth-order valence-corrected chi connectivity index (χ4v) is 7.93. The molecule has 0 fully saturated rings. The van der Waals surface area contributed by atoms with Gasteiger partial charge in [0.2, 0.25) is 0 Å². The minimum Gasteiger partial charge on any atom is -0.462 e. The van der Waals surface area contributed by atoms with Gasteiger partial charge < -0.3 is 14.2 Å². The van der Waals surface area contributed by atoms with Gasteiger partial charge in [-0.2, -0.15) is 0 Å². The molecule has 6 heteroatoms. The number of allylic oxidation sites excluding steroid dienone is 12. The van der Waals surface area contributed by atoms with Crippen molar-refractivity contribution in [2.24, 2.45) is 0 Å². The van der Waals surface area contributed by atoms with Crippen molar-refractivity contribution in [3.05, 3.63) is 72.9 Å². The Kier molecular flexibility index (Phi) is 52.8. The van der Waals surface area contributed by atoms with Crippen molar-refractivity contribution >= 4 is 17.9 Å². The second-order valence-electron chi connectivity index (χ2n) is 18.8. The highest BCUT2D eigenvalue weighted by Gasteiger charge is 2.19. The number of hydrogen-bond acceptors (Lipinski definition) is 6. The summed E-state index contributed by atoms with van der Waals surface area (Å²) >= 11 is 0. The van der Waals surface area contributed by atoms with Crippen LogP contribution in [0.15, 0.2) is 72.9 Å². The number of carbonyl (C=O) groups excluding carboxylic acids is 3. The zero-order chi connectivity index (χ0) is 48.6. The predicted octanol–water partition coefficient (Wildman–Crippen LogP) is 19.0. The van der Waals surface area contributed by atoms with Crippen molar-refractivity contribution in [2.75, 3.05) is 13.2 Å². The van der Waals surface area contributed by atoms with Crippen LogP contribution < -0.4 is 0 Å². The first-order valence-corrected chi connectivity index (χ1v) is 28.4. The molecule has 0 spiro atoms. The molecule has 0 aliphatic heterocycles. The molecule has 1 unspecified atom stereocenters. The summed E-state index contributed by atoms with van der Waals surface area (Å²) in [7, 11) is 0. The van der Waals surface area contributed by atoms with Gasteiger partial charge in [0.15, 0.2) is 6.10 Å². The van der Waals surface area contributed by atoms with Crippen LogP contribution in [-0.4, -0.2) is 37.2 Å². The lowest BCUT2D eigenvalue weighted by molar-refractivity contribution is -0.167. The molecule has 0 N–H and O–H groups in total. The quantitative estimate of drug-likeness (QED) is 0.0262. The predicted molar refractivity (Wildman–Crippen MR) is 288 cm³/mol. The first-order valence-electron chi connectivity index (χ1n) is 28.4. The van der Waals surface area contributed by atoms with E-state index in [9.17, 15) is 14.4 Å². The number of unbranched alkanes of at least 4 members (excludes halogenated alkanes) is 28. The number of hydrogen-bond donors (Lipinski definition) is 0. The topological polar surface area (TPSA) is 78.9 Å². The van der Waals surface area contributed by atoms with Gasteiger partial charge >= 0.3 is 17.9 Å². The van der Waals surface area contributed by atoms with E-state index in [4.69, 9.17) is 14.2 Å². The summed E-state index contributed by atoms with van der Waals surface area (Å²) in [5.74, 6) is -0.890. The Morgan fingerprint density at radius 3 is 0.955 bits per heavy atom. The summed E-state index contributed by atoms with van der Waals surface area (Å²) in [6.45, 7) is 6.44. The van der Waals surface area contributed by atoms with E-state index in [0.717, 1.165) is 103 Å². The molecule has 0 aliphatic carbocycles. The first kappa shape index (κ1) is 63.8. The monoisotopic (exact) mass is 935 g/mol. The van der Waals surface area contributed by atoms with Crippen LogP contribution >= 0.6 is 0 Å². The van der Waals surface area contributed by atoms with Crippen LogP contribution in [0.25, 0.3) is 0 Å².